The molecule has 0 aromatic carbocycles. The molecule has 0 aliphatic rings. The summed E-state index contributed by atoms with van der Waals surface area (Å²) in [6.45, 7) is 5.77. The Balaban J connectivity index is 4.14. The maximum atomic E-state index is 11.9. The molecule has 0 saturated heterocycles. The summed E-state index contributed by atoms with van der Waals surface area (Å²) in [4.78, 5) is 0. The van der Waals surface area contributed by atoms with Gasteiger partial charge in [-0.3, -0.25) is 0 Å². The lowest BCUT2D eigenvalue weighted by Gasteiger charge is -2.20. The van der Waals surface area contributed by atoms with Crippen LogP contribution in [0.1, 0.15) is 46.0 Å². The van der Waals surface area contributed by atoms with Crippen LogP contribution in [0.15, 0.2) is 0 Å². The van der Waals surface area contributed by atoms with E-state index in [2.05, 4.69) is 18.6 Å². The third-order valence-electron chi connectivity index (χ3n) is 3.19. The SMILES string of the molecule is CCCCC(CC)CNS(=O)(=O)N(C)CCCN. The number of nitrogens with zero attached hydrogens (tertiary/aromatic N) is 1. The molecule has 0 rings (SSSR count). The predicted molar refractivity (Wildman–Crippen MR) is 76.5 cm³/mol. The average molecular weight is 279 g/mol. The van der Waals surface area contributed by atoms with Crippen molar-refractivity contribution in [1.29, 1.82) is 0 Å². The maximum Gasteiger partial charge on any atom is 0.279 e. The molecule has 0 aliphatic carbocycles. The largest absolute Gasteiger partial charge is 0.330 e. The van der Waals surface area contributed by atoms with Gasteiger partial charge in [0.25, 0.3) is 10.2 Å². The summed E-state index contributed by atoms with van der Waals surface area (Å²) >= 11 is 0. The quantitative estimate of drug-likeness (QED) is 0.599. The van der Waals surface area contributed by atoms with Crippen molar-refractivity contribution in [3.8, 4) is 0 Å². The topological polar surface area (TPSA) is 75.4 Å². The third kappa shape index (κ3) is 7.31. The van der Waals surface area contributed by atoms with Crippen LogP contribution in [0.3, 0.4) is 0 Å². The van der Waals surface area contributed by atoms with Gasteiger partial charge >= 0.3 is 0 Å². The van der Waals surface area contributed by atoms with Crippen molar-refractivity contribution < 1.29 is 8.42 Å². The fourth-order valence-electron chi connectivity index (χ4n) is 1.71. The minimum Gasteiger partial charge on any atom is -0.330 e. The Morgan fingerprint density at radius 1 is 1.28 bits per heavy atom. The summed E-state index contributed by atoms with van der Waals surface area (Å²) in [5, 5.41) is 0. The molecule has 5 nitrogen and oxygen atoms in total. The van der Waals surface area contributed by atoms with Crippen LogP contribution in [-0.2, 0) is 10.2 Å². The molecular formula is C12H29N3O2S. The van der Waals surface area contributed by atoms with Crippen molar-refractivity contribution in [2.24, 2.45) is 11.7 Å². The van der Waals surface area contributed by atoms with Gasteiger partial charge in [0.15, 0.2) is 0 Å². The minimum atomic E-state index is -3.33. The van der Waals surface area contributed by atoms with Crippen LogP contribution < -0.4 is 10.5 Å². The highest BCUT2D eigenvalue weighted by atomic mass is 32.2. The van der Waals surface area contributed by atoms with Gasteiger partial charge in [-0.15, -0.1) is 0 Å². The van der Waals surface area contributed by atoms with E-state index in [0.717, 1.165) is 25.7 Å². The van der Waals surface area contributed by atoms with E-state index < -0.39 is 10.2 Å². The van der Waals surface area contributed by atoms with E-state index in [1.807, 2.05) is 0 Å². The Bertz CT molecular complexity index is 294. The molecule has 0 bridgehead atoms. The molecule has 6 heteroatoms. The van der Waals surface area contributed by atoms with Gasteiger partial charge < -0.3 is 5.73 Å². The number of hydrogen-bond donors (Lipinski definition) is 2. The zero-order valence-electron chi connectivity index (χ0n) is 12.0. The molecule has 1 atom stereocenters. The molecule has 0 saturated carbocycles. The van der Waals surface area contributed by atoms with Crippen LogP contribution in [0.25, 0.3) is 0 Å². The molecule has 110 valence electrons. The number of nitrogens with two attached hydrogens (primary N) is 1. The standard InChI is InChI=1S/C12H29N3O2S/c1-4-6-8-12(5-2)11-14-18(16,17)15(3)10-7-9-13/h12,14H,4-11,13H2,1-3H3. The van der Waals surface area contributed by atoms with Crippen molar-refractivity contribution in [3.63, 3.8) is 0 Å². The average Bonchev–Trinajstić information content (AvgIpc) is 2.36. The fourth-order valence-corrected chi connectivity index (χ4v) is 2.75. The van der Waals surface area contributed by atoms with E-state index in [0.29, 0.717) is 32.0 Å². The van der Waals surface area contributed by atoms with E-state index in [1.165, 1.54) is 4.31 Å². The molecular weight excluding hydrogens is 250 g/mol. The Labute approximate surface area is 112 Å². The van der Waals surface area contributed by atoms with Gasteiger partial charge in [-0.25, -0.2) is 4.72 Å². The molecule has 18 heavy (non-hydrogen) atoms. The molecule has 0 amide bonds. The highest BCUT2D eigenvalue weighted by molar-refractivity contribution is 7.87. The zero-order chi connectivity index (χ0) is 14.0. The van der Waals surface area contributed by atoms with Crippen molar-refractivity contribution >= 4 is 10.2 Å². The first-order valence-electron chi connectivity index (χ1n) is 6.88. The molecule has 0 spiro atoms. The minimum absolute atomic E-state index is 0.433. The van der Waals surface area contributed by atoms with Crippen LogP contribution in [0.4, 0.5) is 0 Å². The van der Waals surface area contributed by atoms with E-state index >= 15 is 0 Å². The fraction of sp³-hybridized carbons (Fsp3) is 1.00. The summed E-state index contributed by atoms with van der Waals surface area (Å²) in [6, 6.07) is 0. The second-order valence-electron chi connectivity index (χ2n) is 4.73. The summed E-state index contributed by atoms with van der Waals surface area (Å²) in [7, 11) is -1.75. The van der Waals surface area contributed by atoms with Gasteiger partial charge in [0.2, 0.25) is 0 Å². The highest BCUT2D eigenvalue weighted by Crippen LogP contribution is 2.12. The zero-order valence-corrected chi connectivity index (χ0v) is 12.8. The van der Waals surface area contributed by atoms with E-state index in [4.69, 9.17) is 5.73 Å². The van der Waals surface area contributed by atoms with Gasteiger partial charge in [-0.05, 0) is 25.3 Å². The maximum absolute atomic E-state index is 11.9. The van der Waals surface area contributed by atoms with Crippen molar-refractivity contribution in [2.45, 2.75) is 46.0 Å². The molecule has 0 radical (unpaired) electrons. The van der Waals surface area contributed by atoms with Crippen LogP contribution in [0, 0.1) is 5.92 Å². The van der Waals surface area contributed by atoms with Crippen molar-refractivity contribution in [2.75, 3.05) is 26.7 Å². The first-order chi connectivity index (χ1) is 8.47. The molecule has 0 heterocycles. The predicted octanol–water partition coefficient (Wildman–Crippen LogP) is 1.32. The second kappa shape index (κ2) is 9.72. The van der Waals surface area contributed by atoms with E-state index in [-0.39, 0.29) is 0 Å². The van der Waals surface area contributed by atoms with Crippen LogP contribution in [0.5, 0.6) is 0 Å². The Morgan fingerprint density at radius 3 is 2.44 bits per heavy atom. The first kappa shape index (κ1) is 17.8. The molecule has 3 N–H and O–H groups in total. The molecule has 0 aromatic heterocycles. The lowest BCUT2D eigenvalue weighted by Crippen LogP contribution is -2.41. The molecule has 0 fully saturated rings. The van der Waals surface area contributed by atoms with Gasteiger partial charge in [0.1, 0.15) is 0 Å². The lowest BCUT2D eigenvalue weighted by molar-refractivity contribution is 0.418. The summed E-state index contributed by atoms with van der Waals surface area (Å²) < 4.78 is 27.8. The van der Waals surface area contributed by atoms with Gasteiger partial charge in [0, 0.05) is 20.1 Å². The monoisotopic (exact) mass is 279 g/mol. The van der Waals surface area contributed by atoms with Crippen LogP contribution in [0.2, 0.25) is 0 Å². The lowest BCUT2D eigenvalue weighted by atomic mass is 10.00. The van der Waals surface area contributed by atoms with E-state index in [1.54, 1.807) is 7.05 Å². The summed E-state index contributed by atoms with van der Waals surface area (Å²) in [5.74, 6) is 0.433. The second-order valence-corrected chi connectivity index (χ2v) is 6.60. The number of rotatable bonds is 11. The molecule has 0 aliphatic heterocycles. The summed E-state index contributed by atoms with van der Waals surface area (Å²) in [5.41, 5.74) is 5.38. The Kier molecular flexibility index (Phi) is 9.63. The highest BCUT2D eigenvalue weighted by Gasteiger charge is 2.18. The molecule has 0 aromatic rings. The number of unbranched alkanes of at least 4 members (excludes halogenated alkanes) is 1. The van der Waals surface area contributed by atoms with E-state index in [9.17, 15) is 8.42 Å². The van der Waals surface area contributed by atoms with Crippen molar-refractivity contribution in [1.82, 2.24) is 9.03 Å². The van der Waals surface area contributed by atoms with Crippen LogP contribution in [-0.4, -0.2) is 39.4 Å². The Hall–Kier alpha value is -0.170. The van der Waals surface area contributed by atoms with Gasteiger partial charge in [-0.1, -0.05) is 33.1 Å². The van der Waals surface area contributed by atoms with Crippen molar-refractivity contribution in [3.05, 3.63) is 0 Å². The summed E-state index contributed by atoms with van der Waals surface area (Å²) in [6.07, 6.45) is 5.09. The van der Waals surface area contributed by atoms with Gasteiger partial charge in [-0.2, -0.15) is 12.7 Å². The smallest absolute Gasteiger partial charge is 0.279 e. The van der Waals surface area contributed by atoms with Gasteiger partial charge in [0.05, 0.1) is 0 Å². The molecule has 1 unspecified atom stereocenters. The third-order valence-corrected chi connectivity index (χ3v) is 4.72. The van der Waals surface area contributed by atoms with Crippen LogP contribution >= 0.6 is 0 Å². The Morgan fingerprint density at radius 2 is 1.94 bits per heavy atom. The first-order valence-corrected chi connectivity index (χ1v) is 8.32. The number of nitrogens with one attached hydrogen (secondary N) is 1. The normalized spacial score (nSPS) is 14.1. The number of hydrogen-bond acceptors (Lipinski definition) is 3.